The third-order valence-electron chi connectivity index (χ3n) is 7.63. The topological polar surface area (TPSA) is 62.2 Å². The number of hydrazone groups is 1. The van der Waals surface area contributed by atoms with Crippen LogP contribution in [0.4, 0.5) is 15.8 Å². The van der Waals surface area contributed by atoms with E-state index in [1.807, 2.05) is 47.5 Å². The van der Waals surface area contributed by atoms with Crippen LogP contribution in [0.2, 0.25) is 10.0 Å². The van der Waals surface area contributed by atoms with Gasteiger partial charge in [0, 0.05) is 5.56 Å². The molecule has 180 valence electrons. The number of carbonyl (C=O) groups is 2. The molecule has 7 rings (SSSR count). The summed E-state index contributed by atoms with van der Waals surface area (Å²) in [5, 5.41) is 7.64. The van der Waals surface area contributed by atoms with Crippen LogP contribution in [0.3, 0.4) is 0 Å². The molecule has 9 heteroatoms. The molecule has 3 aromatic rings. The molecule has 4 aliphatic rings. The van der Waals surface area contributed by atoms with Crippen molar-refractivity contribution in [2.45, 2.75) is 18.2 Å². The molecule has 3 saturated heterocycles. The molecule has 0 spiro atoms. The molecule has 3 fully saturated rings. The highest BCUT2D eigenvalue weighted by Crippen LogP contribution is 2.56. The molecule has 4 heterocycles. The second-order valence-electron chi connectivity index (χ2n) is 9.39. The van der Waals surface area contributed by atoms with Crippen molar-refractivity contribution < 1.29 is 18.7 Å². The van der Waals surface area contributed by atoms with Gasteiger partial charge in [0.2, 0.25) is 11.8 Å². The number of rotatable bonds is 3. The maximum atomic E-state index is 13.6. The molecule has 2 amide bonds. The fourth-order valence-corrected chi connectivity index (χ4v) is 6.60. The number of hydrogen-bond donors (Lipinski definition) is 0. The molecular formula is C27H18Cl2FN3O3. The van der Waals surface area contributed by atoms with Gasteiger partial charge in [-0.05, 0) is 42.5 Å². The minimum atomic E-state index is -0.660. The van der Waals surface area contributed by atoms with Crippen molar-refractivity contribution in [2.75, 3.05) is 9.91 Å². The Morgan fingerprint density at radius 1 is 0.778 bits per heavy atom. The highest BCUT2D eigenvalue weighted by molar-refractivity contribution is 6.44. The SMILES string of the molecule is O=C1C2C3OC(C2C(=O)N1c1ccc(F)cc1)C1C3C(c2cccc(Cl)c2Cl)=NN1c1ccccc1. The third-order valence-corrected chi connectivity index (χ3v) is 8.44. The Kier molecular flexibility index (Phi) is 4.80. The van der Waals surface area contributed by atoms with Crippen LogP contribution in [0.5, 0.6) is 0 Å². The zero-order valence-electron chi connectivity index (χ0n) is 18.6. The molecule has 0 N–H and O–H groups in total. The molecule has 0 saturated carbocycles. The fourth-order valence-electron chi connectivity index (χ4n) is 6.20. The number of hydrogen-bond acceptors (Lipinski definition) is 5. The van der Waals surface area contributed by atoms with E-state index in [0.29, 0.717) is 27.0 Å². The normalized spacial score (nSPS) is 30.1. The maximum Gasteiger partial charge on any atom is 0.240 e. The molecule has 3 aromatic carbocycles. The summed E-state index contributed by atoms with van der Waals surface area (Å²) >= 11 is 12.9. The molecule has 6 unspecified atom stereocenters. The lowest BCUT2D eigenvalue weighted by Gasteiger charge is -2.32. The van der Waals surface area contributed by atoms with E-state index in [1.165, 1.54) is 29.2 Å². The van der Waals surface area contributed by atoms with Crippen molar-refractivity contribution in [1.29, 1.82) is 0 Å². The van der Waals surface area contributed by atoms with Gasteiger partial charge in [0.15, 0.2) is 0 Å². The Balaban J connectivity index is 1.34. The van der Waals surface area contributed by atoms with Crippen LogP contribution >= 0.6 is 23.2 Å². The van der Waals surface area contributed by atoms with Gasteiger partial charge >= 0.3 is 0 Å². The van der Waals surface area contributed by atoms with Crippen LogP contribution in [0.25, 0.3) is 0 Å². The van der Waals surface area contributed by atoms with Gasteiger partial charge in [0.25, 0.3) is 0 Å². The lowest BCUT2D eigenvalue weighted by atomic mass is 9.70. The van der Waals surface area contributed by atoms with Gasteiger partial charge in [-0.2, -0.15) is 5.10 Å². The predicted molar refractivity (Wildman–Crippen MR) is 134 cm³/mol. The van der Waals surface area contributed by atoms with E-state index in [-0.39, 0.29) is 23.8 Å². The zero-order chi connectivity index (χ0) is 24.7. The highest BCUT2D eigenvalue weighted by atomic mass is 35.5. The first-order chi connectivity index (χ1) is 17.5. The summed E-state index contributed by atoms with van der Waals surface area (Å²) in [5.41, 5.74) is 2.57. The quantitative estimate of drug-likeness (QED) is 0.458. The number of fused-ring (bicyclic) bond motifs is 8. The summed E-state index contributed by atoms with van der Waals surface area (Å²) in [4.78, 5) is 28.4. The van der Waals surface area contributed by atoms with Crippen molar-refractivity contribution in [2.24, 2.45) is 22.9 Å². The molecule has 2 bridgehead atoms. The second kappa shape index (κ2) is 7.87. The van der Waals surface area contributed by atoms with Crippen molar-refractivity contribution in [1.82, 2.24) is 0 Å². The molecule has 0 aliphatic carbocycles. The monoisotopic (exact) mass is 521 g/mol. The van der Waals surface area contributed by atoms with Crippen LogP contribution in [-0.4, -0.2) is 35.8 Å². The van der Waals surface area contributed by atoms with E-state index < -0.39 is 29.9 Å². The molecule has 0 radical (unpaired) electrons. The first-order valence-electron chi connectivity index (χ1n) is 11.6. The molecule has 36 heavy (non-hydrogen) atoms. The van der Waals surface area contributed by atoms with E-state index >= 15 is 0 Å². The number of halogens is 3. The number of nitrogens with zero attached hydrogens (tertiary/aromatic N) is 3. The Hall–Kier alpha value is -3.26. The van der Waals surface area contributed by atoms with E-state index in [2.05, 4.69) is 0 Å². The molecule has 0 aromatic heterocycles. The van der Waals surface area contributed by atoms with E-state index in [0.717, 1.165) is 5.69 Å². The van der Waals surface area contributed by atoms with Crippen LogP contribution < -0.4 is 9.91 Å². The Bertz CT molecular complexity index is 1450. The number of imide groups is 1. The van der Waals surface area contributed by atoms with Crippen LogP contribution in [0, 0.1) is 23.6 Å². The Morgan fingerprint density at radius 2 is 1.47 bits per heavy atom. The first-order valence-corrected chi connectivity index (χ1v) is 12.4. The minimum absolute atomic E-state index is 0.294. The lowest BCUT2D eigenvalue weighted by Crippen LogP contribution is -2.50. The van der Waals surface area contributed by atoms with Gasteiger partial charge in [-0.15, -0.1) is 0 Å². The van der Waals surface area contributed by atoms with Crippen molar-refractivity contribution in [3.05, 3.63) is 94.2 Å². The zero-order valence-corrected chi connectivity index (χ0v) is 20.1. The Morgan fingerprint density at radius 3 is 2.19 bits per heavy atom. The van der Waals surface area contributed by atoms with Crippen LogP contribution in [0.15, 0.2) is 77.9 Å². The van der Waals surface area contributed by atoms with Gasteiger partial charge in [0.05, 0.1) is 63.1 Å². The Labute approximate surface area is 215 Å². The minimum Gasteiger partial charge on any atom is -0.370 e. The summed E-state index contributed by atoms with van der Waals surface area (Å²) in [6.07, 6.45) is -1.11. The smallest absolute Gasteiger partial charge is 0.240 e. The molecule has 6 nitrogen and oxygen atoms in total. The fraction of sp³-hybridized carbons (Fsp3) is 0.222. The summed E-state index contributed by atoms with van der Waals surface area (Å²) in [6, 6.07) is 20.1. The van der Waals surface area contributed by atoms with E-state index in [9.17, 15) is 14.0 Å². The standard InChI is InChI=1S/C27H18Cl2FN3O3/c28-17-8-4-7-16(21(17)29)22-20-23(33(31-22)15-5-2-1-3-6-15)25-19-18(24(20)36-25)26(34)32(27(19)35)14-11-9-13(30)10-12-14/h1-12,18-20,23-25H. The highest BCUT2D eigenvalue weighted by Gasteiger charge is 2.72. The maximum absolute atomic E-state index is 13.6. The number of carbonyl (C=O) groups excluding carboxylic acids is 2. The molecular weight excluding hydrogens is 504 g/mol. The van der Waals surface area contributed by atoms with E-state index in [1.54, 1.807) is 6.07 Å². The predicted octanol–water partition coefficient (Wildman–Crippen LogP) is 4.93. The van der Waals surface area contributed by atoms with Gasteiger partial charge in [-0.1, -0.05) is 53.5 Å². The summed E-state index contributed by atoms with van der Waals surface area (Å²) < 4.78 is 19.9. The van der Waals surface area contributed by atoms with Crippen LogP contribution in [0.1, 0.15) is 5.56 Å². The summed E-state index contributed by atoms with van der Waals surface area (Å²) in [6.45, 7) is 0. The second-order valence-corrected chi connectivity index (χ2v) is 10.2. The number of amides is 2. The number of para-hydroxylation sites is 1. The van der Waals surface area contributed by atoms with E-state index in [4.69, 9.17) is 33.0 Å². The van der Waals surface area contributed by atoms with Gasteiger partial charge in [0.1, 0.15) is 5.82 Å². The van der Waals surface area contributed by atoms with Crippen molar-refractivity contribution >= 4 is 52.1 Å². The average Bonchev–Trinajstić information content (AvgIpc) is 3.62. The summed E-state index contributed by atoms with van der Waals surface area (Å²) in [7, 11) is 0. The third kappa shape index (κ3) is 2.91. The molecule has 6 atom stereocenters. The van der Waals surface area contributed by atoms with Crippen LogP contribution in [-0.2, 0) is 14.3 Å². The lowest BCUT2D eigenvalue weighted by molar-refractivity contribution is -0.125. The van der Waals surface area contributed by atoms with Gasteiger partial charge < -0.3 is 4.74 Å². The summed E-state index contributed by atoms with van der Waals surface area (Å²) in [5.74, 6) is -2.70. The number of ether oxygens (including phenoxy) is 1. The number of benzene rings is 3. The van der Waals surface area contributed by atoms with Gasteiger partial charge in [-0.25, -0.2) is 9.29 Å². The van der Waals surface area contributed by atoms with Crippen molar-refractivity contribution in [3.63, 3.8) is 0 Å². The first kappa shape index (κ1) is 22.0. The molecule has 4 aliphatic heterocycles. The van der Waals surface area contributed by atoms with Gasteiger partial charge in [-0.3, -0.25) is 14.6 Å². The largest absolute Gasteiger partial charge is 0.370 e. The number of anilines is 2. The van der Waals surface area contributed by atoms with Crippen molar-refractivity contribution in [3.8, 4) is 0 Å². The average molecular weight is 522 g/mol.